The summed E-state index contributed by atoms with van der Waals surface area (Å²) in [6.45, 7) is 5.48. The molecule has 1 aromatic rings. The van der Waals surface area contributed by atoms with E-state index in [1.165, 1.54) is 18.2 Å². The fraction of sp³-hybridized carbons (Fsp3) is 0.417. The second-order valence-electron chi connectivity index (χ2n) is 4.88. The monoisotopic (exact) mass is 255 g/mol. The fourth-order valence-corrected chi connectivity index (χ4v) is 1.47. The average molecular weight is 256 g/mol. The number of non-ortho nitro benzene ring substituents is 1. The van der Waals surface area contributed by atoms with E-state index in [4.69, 9.17) is 11.6 Å². The van der Waals surface area contributed by atoms with E-state index in [1.54, 1.807) is 0 Å². The summed E-state index contributed by atoms with van der Waals surface area (Å²) >= 11 is 5.91. The molecule has 0 aliphatic carbocycles. The second-order valence-corrected chi connectivity index (χ2v) is 5.29. The molecule has 0 radical (unpaired) electrons. The molecule has 0 unspecified atom stereocenters. The van der Waals surface area contributed by atoms with Gasteiger partial charge in [0.25, 0.3) is 5.69 Å². The van der Waals surface area contributed by atoms with Crippen LogP contribution in [0.4, 0.5) is 5.69 Å². The normalized spacial score (nSPS) is 11.3. The number of benzene rings is 1. The lowest BCUT2D eigenvalue weighted by Crippen LogP contribution is -2.22. The van der Waals surface area contributed by atoms with Gasteiger partial charge in [0, 0.05) is 24.0 Å². The second kappa shape index (κ2) is 4.84. The summed E-state index contributed by atoms with van der Waals surface area (Å²) < 4.78 is 0. The van der Waals surface area contributed by atoms with Crippen molar-refractivity contribution in [2.24, 2.45) is 5.41 Å². The molecule has 0 heterocycles. The standard InChI is InChI=1S/C12H14ClNO3/c1-12(2,3)11(15)6-8-4-5-9(14(16)17)7-10(8)13/h4-5,7H,6H2,1-3H3. The maximum atomic E-state index is 11.8. The van der Waals surface area contributed by atoms with Crippen molar-refractivity contribution in [2.45, 2.75) is 27.2 Å². The van der Waals surface area contributed by atoms with E-state index in [9.17, 15) is 14.9 Å². The van der Waals surface area contributed by atoms with E-state index >= 15 is 0 Å². The fourth-order valence-electron chi connectivity index (χ4n) is 1.23. The van der Waals surface area contributed by atoms with Crippen molar-refractivity contribution in [3.63, 3.8) is 0 Å². The Labute approximate surface area is 105 Å². The van der Waals surface area contributed by atoms with Crippen molar-refractivity contribution in [3.05, 3.63) is 38.9 Å². The van der Waals surface area contributed by atoms with Crippen LogP contribution in [0.15, 0.2) is 18.2 Å². The van der Waals surface area contributed by atoms with Crippen molar-refractivity contribution in [1.82, 2.24) is 0 Å². The minimum absolute atomic E-state index is 0.0493. The van der Waals surface area contributed by atoms with Gasteiger partial charge in [0.05, 0.1) is 9.95 Å². The number of halogens is 1. The first-order valence-corrected chi connectivity index (χ1v) is 5.55. The largest absolute Gasteiger partial charge is 0.299 e. The summed E-state index contributed by atoms with van der Waals surface area (Å²) in [6.07, 6.45) is 0.195. The molecule has 0 amide bonds. The number of rotatable bonds is 3. The van der Waals surface area contributed by atoms with Gasteiger partial charge in [-0.25, -0.2) is 0 Å². The maximum Gasteiger partial charge on any atom is 0.270 e. The zero-order valence-corrected chi connectivity index (χ0v) is 10.7. The molecule has 1 aromatic carbocycles. The van der Waals surface area contributed by atoms with E-state index in [0.29, 0.717) is 5.56 Å². The Kier molecular flexibility index (Phi) is 3.88. The van der Waals surface area contributed by atoms with Crippen LogP contribution in [0.2, 0.25) is 5.02 Å². The minimum Gasteiger partial charge on any atom is -0.299 e. The average Bonchev–Trinajstić information content (AvgIpc) is 2.19. The molecule has 1 rings (SSSR count). The van der Waals surface area contributed by atoms with E-state index in [0.717, 1.165) is 0 Å². The van der Waals surface area contributed by atoms with Crippen LogP contribution < -0.4 is 0 Å². The van der Waals surface area contributed by atoms with Crippen LogP contribution in [-0.4, -0.2) is 10.7 Å². The number of carbonyl (C=O) groups excluding carboxylic acids is 1. The van der Waals surface area contributed by atoms with Gasteiger partial charge in [-0.3, -0.25) is 14.9 Å². The molecule has 0 aliphatic rings. The van der Waals surface area contributed by atoms with E-state index in [1.807, 2.05) is 20.8 Å². The number of Topliss-reactive ketones (excluding diaryl/α,β-unsaturated/α-hetero) is 1. The lowest BCUT2D eigenvalue weighted by molar-refractivity contribution is -0.384. The van der Waals surface area contributed by atoms with Crippen LogP contribution >= 0.6 is 11.6 Å². The lowest BCUT2D eigenvalue weighted by atomic mass is 9.87. The van der Waals surface area contributed by atoms with Crippen molar-refractivity contribution in [2.75, 3.05) is 0 Å². The molecule has 0 saturated heterocycles. The molecule has 92 valence electrons. The van der Waals surface area contributed by atoms with Crippen LogP contribution in [0.5, 0.6) is 0 Å². The Hall–Kier alpha value is -1.42. The number of hydrogen-bond acceptors (Lipinski definition) is 3. The van der Waals surface area contributed by atoms with Crippen LogP contribution in [-0.2, 0) is 11.2 Å². The van der Waals surface area contributed by atoms with Crippen LogP contribution in [0.1, 0.15) is 26.3 Å². The van der Waals surface area contributed by atoms with Crippen molar-refractivity contribution in [3.8, 4) is 0 Å². The molecule has 0 atom stereocenters. The van der Waals surface area contributed by atoms with Gasteiger partial charge in [-0.15, -0.1) is 0 Å². The minimum atomic E-state index is -0.513. The number of hydrogen-bond donors (Lipinski definition) is 0. The summed E-state index contributed by atoms with van der Waals surface area (Å²) in [6, 6.07) is 4.16. The Morgan fingerprint density at radius 2 is 2.00 bits per heavy atom. The third-order valence-corrected chi connectivity index (χ3v) is 2.79. The highest BCUT2D eigenvalue weighted by Gasteiger charge is 2.22. The third-order valence-electron chi connectivity index (χ3n) is 2.43. The zero-order chi connectivity index (χ0) is 13.2. The van der Waals surface area contributed by atoms with E-state index in [2.05, 4.69) is 0 Å². The molecule has 0 N–H and O–H groups in total. The molecule has 0 bridgehead atoms. The van der Waals surface area contributed by atoms with Gasteiger partial charge in [0.2, 0.25) is 0 Å². The predicted octanol–water partition coefficient (Wildman–Crippen LogP) is 3.41. The summed E-state index contributed by atoms with van der Waals surface area (Å²) in [5.41, 5.74) is 0.115. The van der Waals surface area contributed by atoms with Gasteiger partial charge >= 0.3 is 0 Å². The molecule has 0 fully saturated rings. The summed E-state index contributed by atoms with van der Waals surface area (Å²) in [5.74, 6) is 0.0493. The Morgan fingerprint density at radius 1 is 1.41 bits per heavy atom. The third kappa shape index (κ3) is 3.53. The molecule has 0 spiro atoms. The quantitative estimate of drug-likeness (QED) is 0.614. The van der Waals surface area contributed by atoms with Crippen LogP contribution in [0, 0.1) is 15.5 Å². The number of nitro benzene ring substituents is 1. The first-order valence-electron chi connectivity index (χ1n) is 5.18. The summed E-state index contributed by atoms with van der Waals surface area (Å²) in [4.78, 5) is 21.8. The topological polar surface area (TPSA) is 60.2 Å². The Morgan fingerprint density at radius 3 is 2.41 bits per heavy atom. The molecule has 0 aromatic heterocycles. The SMILES string of the molecule is CC(C)(C)C(=O)Cc1ccc([N+](=O)[O-])cc1Cl. The van der Waals surface area contributed by atoms with Crippen molar-refractivity contribution < 1.29 is 9.72 Å². The Bertz CT molecular complexity index is 463. The highest BCUT2D eigenvalue weighted by Crippen LogP contribution is 2.25. The van der Waals surface area contributed by atoms with E-state index in [-0.39, 0.29) is 22.9 Å². The van der Waals surface area contributed by atoms with Gasteiger partial charge < -0.3 is 0 Å². The Balaban J connectivity index is 2.95. The van der Waals surface area contributed by atoms with Gasteiger partial charge in [-0.1, -0.05) is 38.4 Å². The smallest absolute Gasteiger partial charge is 0.270 e. The van der Waals surface area contributed by atoms with Gasteiger partial charge in [0.1, 0.15) is 5.78 Å². The molecule has 17 heavy (non-hydrogen) atoms. The van der Waals surface area contributed by atoms with Crippen LogP contribution in [0.3, 0.4) is 0 Å². The molecule has 0 saturated carbocycles. The van der Waals surface area contributed by atoms with Gasteiger partial charge in [-0.05, 0) is 5.56 Å². The zero-order valence-electron chi connectivity index (χ0n) is 9.99. The highest BCUT2D eigenvalue weighted by atomic mass is 35.5. The van der Waals surface area contributed by atoms with Crippen LogP contribution in [0.25, 0.3) is 0 Å². The number of nitrogens with zero attached hydrogens (tertiary/aromatic N) is 1. The predicted molar refractivity (Wildman–Crippen MR) is 66.3 cm³/mol. The number of carbonyl (C=O) groups is 1. The summed E-state index contributed by atoms with van der Waals surface area (Å²) in [5, 5.41) is 10.8. The van der Waals surface area contributed by atoms with Crippen molar-refractivity contribution in [1.29, 1.82) is 0 Å². The van der Waals surface area contributed by atoms with Crippen molar-refractivity contribution >= 4 is 23.1 Å². The van der Waals surface area contributed by atoms with Gasteiger partial charge in [-0.2, -0.15) is 0 Å². The first kappa shape index (κ1) is 13.6. The highest BCUT2D eigenvalue weighted by molar-refractivity contribution is 6.31. The number of ketones is 1. The molecule has 0 aliphatic heterocycles. The molecule has 5 heteroatoms. The maximum absolute atomic E-state index is 11.8. The first-order chi connectivity index (χ1) is 7.71. The lowest BCUT2D eigenvalue weighted by Gasteiger charge is -2.16. The molecular formula is C12H14ClNO3. The summed E-state index contributed by atoms with van der Waals surface area (Å²) in [7, 11) is 0. The number of nitro groups is 1. The molecule has 4 nitrogen and oxygen atoms in total. The van der Waals surface area contributed by atoms with E-state index < -0.39 is 10.3 Å². The molecular weight excluding hydrogens is 242 g/mol. The van der Waals surface area contributed by atoms with Gasteiger partial charge in [0.15, 0.2) is 0 Å².